The molecule has 3 heteroatoms. The maximum absolute atomic E-state index is 11.8. The lowest BCUT2D eigenvalue weighted by atomic mass is 9.43. The molecule has 3 nitrogen and oxygen atoms in total. The van der Waals surface area contributed by atoms with Crippen molar-refractivity contribution in [2.75, 3.05) is 14.1 Å². The summed E-state index contributed by atoms with van der Waals surface area (Å²) in [7, 11) is 4.56. The summed E-state index contributed by atoms with van der Waals surface area (Å²) in [5, 5.41) is 3.26. The molecule has 0 bridgehead atoms. The summed E-state index contributed by atoms with van der Waals surface area (Å²) in [6.07, 6.45) is 15.0. The largest absolute Gasteiger partial charge is 0.354 e. The van der Waals surface area contributed by atoms with Crippen LogP contribution < -0.4 is 5.32 Å². The molecule has 0 radical (unpaired) electrons. The molecule has 4 saturated carbocycles. The quantitative estimate of drug-likeness (QED) is 0.591. The van der Waals surface area contributed by atoms with Crippen molar-refractivity contribution in [3.8, 4) is 0 Å². The minimum atomic E-state index is 0.124. The summed E-state index contributed by atoms with van der Waals surface area (Å²) in [4.78, 5) is 14.3. The third kappa shape index (κ3) is 2.48. The Kier molecular flexibility index (Phi) is 4.53. The molecule has 4 fully saturated rings. The van der Waals surface area contributed by atoms with Crippen molar-refractivity contribution in [1.82, 2.24) is 10.2 Å². The molecule has 0 aliphatic heterocycles. The van der Waals surface area contributed by atoms with Crippen molar-refractivity contribution in [3.63, 3.8) is 0 Å². The number of carbonyl (C=O) groups excluding carboxylic acids is 1. The molecular formula is C28H46N2O. The Morgan fingerprint density at radius 2 is 1.58 bits per heavy atom. The fourth-order valence-corrected chi connectivity index (χ4v) is 10.8. The minimum Gasteiger partial charge on any atom is -0.354 e. The van der Waals surface area contributed by atoms with Crippen LogP contribution in [0.25, 0.3) is 0 Å². The van der Waals surface area contributed by atoms with Gasteiger partial charge in [-0.25, -0.2) is 0 Å². The smallest absolute Gasteiger partial charge is 0.217 e. The number of nitrogens with zero attached hydrogens (tertiary/aromatic N) is 1. The van der Waals surface area contributed by atoms with Crippen LogP contribution in [0, 0.1) is 44.8 Å². The minimum absolute atomic E-state index is 0.124. The molecule has 5 aliphatic rings. The van der Waals surface area contributed by atoms with E-state index in [2.05, 4.69) is 71.1 Å². The van der Waals surface area contributed by atoms with E-state index in [0.717, 1.165) is 11.8 Å². The first-order valence-corrected chi connectivity index (χ1v) is 13.0. The van der Waals surface area contributed by atoms with Crippen LogP contribution in [0.3, 0.4) is 0 Å². The van der Waals surface area contributed by atoms with Crippen LogP contribution in [0.15, 0.2) is 12.2 Å². The molecule has 0 aromatic heterocycles. The second-order valence-electron chi connectivity index (χ2n) is 13.6. The molecular weight excluding hydrogens is 380 g/mol. The predicted octanol–water partition coefficient (Wildman–Crippen LogP) is 5.66. The molecule has 2 spiro atoms. The fourth-order valence-electron chi connectivity index (χ4n) is 10.8. The average Bonchev–Trinajstić information content (AvgIpc) is 3.22. The molecule has 0 aromatic rings. The Bertz CT molecular complexity index is 816. The SMILES string of the molecule is CC(=O)NC(C)C1CCC2(C)C3C=CC4C(C)(C)C(N(C)C)CCC45CC35CCC12C. The first-order chi connectivity index (χ1) is 14.4. The fraction of sp³-hybridized carbons (Fsp3) is 0.893. The van der Waals surface area contributed by atoms with E-state index in [9.17, 15) is 4.79 Å². The van der Waals surface area contributed by atoms with Gasteiger partial charge in [0.2, 0.25) is 5.91 Å². The Balaban J connectivity index is 1.50. The van der Waals surface area contributed by atoms with Crippen LogP contribution in [0.4, 0.5) is 0 Å². The van der Waals surface area contributed by atoms with Crippen LogP contribution in [-0.2, 0) is 4.79 Å². The molecule has 5 rings (SSSR count). The molecule has 9 unspecified atom stereocenters. The lowest BCUT2D eigenvalue weighted by Gasteiger charge is -2.62. The van der Waals surface area contributed by atoms with E-state index < -0.39 is 0 Å². The standard InChI is InChI=1S/C28H46N2O/c1-18(29-19(2)31)20-11-13-26(6)22-10-9-21-24(3,4)23(30(7)8)12-14-27(21)17-28(22,27)16-15-25(20,26)5/h9-10,18,20-23H,11-17H2,1-8H3,(H,29,31). The van der Waals surface area contributed by atoms with Crippen molar-refractivity contribution in [2.45, 2.75) is 98.6 Å². The van der Waals surface area contributed by atoms with Crippen molar-refractivity contribution in [3.05, 3.63) is 12.2 Å². The maximum atomic E-state index is 11.8. The Hall–Kier alpha value is -0.830. The molecule has 174 valence electrons. The van der Waals surface area contributed by atoms with Gasteiger partial charge in [0.15, 0.2) is 0 Å². The topological polar surface area (TPSA) is 32.3 Å². The summed E-state index contributed by atoms with van der Waals surface area (Å²) in [6.45, 7) is 14.2. The number of carbonyl (C=O) groups is 1. The summed E-state index contributed by atoms with van der Waals surface area (Å²) < 4.78 is 0. The normalized spacial score (nSPS) is 52.5. The first-order valence-electron chi connectivity index (χ1n) is 13.0. The highest BCUT2D eigenvalue weighted by atomic mass is 16.1. The van der Waals surface area contributed by atoms with Crippen LogP contribution in [0.5, 0.6) is 0 Å². The van der Waals surface area contributed by atoms with Gasteiger partial charge in [0, 0.05) is 19.0 Å². The first kappa shape index (κ1) is 22.0. The number of hydrogen-bond donors (Lipinski definition) is 1. The Labute approximate surface area is 190 Å². The molecule has 0 aromatic carbocycles. The molecule has 1 N–H and O–H groups in total. The maximum Gasteiger partial charge on any atom is 0.217 e. The van der Waals surface area contributed by atoms with Gasteiger partial charge in [-0.2, -0.15) is 0 Å². The van der Waals surface area contributed by atoms with Gasteiger partial charge in [-0.1, -0.05) is 39.8 Å². The second kappa shape index (κ2) is 6.39. The average molecular weight is 427 g/mol. The zero-order valence-corrected chi connectivity index (χ0v) is 21.3. The van der Waals surface area contributed by atoms with Crippen molar-refractivity contribution in [2.24, 2.45) is 44.8 Å². The van der Waals surface area contributed by atoms with E-state index in [1.54, 1.807) is 6.92 Å². The van der Waals surface area contributed by atoms with Gasteiger partial charge in [0.1, 0.15) is 0 Å². The number of allylic oxidation sites excluding steroid dienone is 2. The Morgan fingerprint density at radius 3 is 2.23 bits per heavy atom. The van der Waals surface area contributed by atoms with E-state index in [1.807, 2.05) is 0 Å². The van der Waals surface area contributed by atoms with E-state index in [1.165, 1.54) is 44.9 Å². The lowest BCUT2D eigenvalue weighted by Crippen LogP contribution is -2.58. The zero-order valence-electron chi connectivity index (χ0n) is 21.3. The summed E-state index contributed by atoms with van der Waals surface area (Å²) in [5.74, 6) is 2.16. The highest BCUT2D eigenvalue weighted by molar-refractivity contribution is 5.73. The van der Waals surface area contributed by atoms with Crippen LogP contribution in [0.2, 0.25) is 0 Å². The van der Waals surface area contributed by atoms with Gasteiger partial charge in [-0.05, 0) is 111 Å². The van der Waals surface area contributed by atoms with E-state index >= 15 is 0 Å². The van der Waals surface area contributed by atoms with Gasteiger partial charge in [-0.3, -0.25) is 4.79 Å². The van der Waals surface area contributed by atoms with Crippen molar-refractivity contribution in [1.29, 1.82) is 0 Å². The summed E-state index contributed by atoms with van der Waals surface area (Å²) in [5.41, 5.74) is 2.11. The number of amides is 1. The molecule has 1 amide bonds. The van der Waals surface area contributed by atoms with E-state index in [-0.39, 0.29) is 11.9 Å². The molecule has 0 heterocycles. The number of nitrogens with one attached hydrogen (secondary N) is 1. The Morgan fingerprint density at radius 1 is 0.935 bits per heavy atom. The third-order valence-electron chi connectivity index (χ3n) is 12.2. The van der Waals surface area contributed by atoms with Crippen LogP contribution in [-0.4, -0.2) is 37.0 Å². The summed E-state index contributed by atoms with van der Waals surface area (Å²) in [6, 6.07) is 0.960. The second-order valence-corrected chi connectivity index (χ2v) is 13.6. The summed E-state index contributed by atoms with van der Waals surface area (Å²) >= 11 is 0. The van der Waals surface area contributed by atoms with Gasteiger partial charge in [0.25, 0.3) is 0 Å². The zero-order chi connectivity index (χ0) is 22.6. The lowest BCUT2D eigenvalue weighted by molar-refractivity contribution is -0.122. The molecule has 31 heavy (non-hydrogen) atoms. The van der Waals surface area contributed by atoms with E-state index in [4.69, 9.17) is 0 Å². The molecule has 5 aliphatic carbocycles. The van der Waals surface area contributed by atoms with Gasteiger partial charge in [0.05, 0.1) is 0 Å². The van der Waals surface area contributed by atoms with Crippen molar-refractivity contribution >= 4 is 5.91 Å². The highest BCUT2D eigenvalue weighted by Gasteiger charge is 2.81. The number of hydrogen-bond acceptors (Lipinski definition) is 2. The number of fused-ring (bicyclic) bond motifs is 2. The van der Waals surface area contributed by atoms with Crippen LogP contribution in [0.1, 0.15) is 86.5 Å². The number of rotatable bonds is 3. The van der Waals surface area contributed by atoms with Gasteiger partial charge < -0.3 is 10.2 Å². The van der Waals surface area contributed by atoms with E-state index in [0.29, 0.717) is 39.0 Å². The predicted molar refractivity (Wildman–Crippen MR) is 128 cm³/mol. The van der Waals surface area contributed by atoms with Gasteiger partial charge in [-0.15, -0.1) is 0 Å². The highest BCUT2D eigenvalue weighted by Crippen LogP contribution is 2.87. The third-order valence-corrected chi connectivity index (χ3v) is 12.2. The molecule has 9 atom stereocenters. The van der Waals surface area contributed by atoms with Crippen LogP contribution >= 0.6 is 0 Å². The van der Waals surface area contributed by atoms with Gasteiger partial charge >= 0.3 is 0 Å². The monoisotopic (exact) mass is 426 g/mol. The molecule has 0 saturated heterocycles. The van der Waals surface area contributed by atoms with Crippen molar-refractivity contribution < 1.29 is 4.79 Å².